The summed E-state index contributed by atoms with van der Waals surface area (Å²) in [4.78, 5) is 14.7. The molecule has 0 bridgehead atoms. The lowest BCUT2D eigenvalue weighted by molar-refractivity contribution is -0.132. The highest BCUT2D eigenvalue weighted by atomic mass is 16.2. The summed E-state index contributed by atoms with van der Waals surface area (Å²) < 4.78 is 0. The highest BCUT2D eigenvalue weighted by Gasteiger charge is 2.23. The third kappa shape index (κ3) is 5.98. The van der Waals surface area contributed by atoms with Gasteiger partial charge in [0, 0.05) is 25.6 Å². The van der Waals surface area contributed by atoms with Gasteiger partial charge < -0.3 is 10.2 Å². The van der Waals surface area contributed by atoms with Crippen LogP contribution in [0.5, 0.6) is 0 Å². The summed E-state index contributed by atoms with van der Waals surface area (Å²) in [5.74, 6) is 1.77. The van der Waals surface area contributed by atoms with E-state index >= 15 is 0 Å². The number of rotatable bonds is 7. The summed E-state index contributed by atoms with van der Waals surface area (Å²) >= 11 is 0. The maximum Gasteiger partial charge on any atom is 0.222 e. The number of nitrogens with zero attached hydrogens (tertiary/aromatic N) is 1. The zero-order chi connectivity index (χ0) is 15.1. The Bertz CT molecular complexity index is 304. The van der Waals surface area contributed by atoms with Crippen molar-refractivity contribution in [1.82, 2.24) is 10.2 Å². The van der Waals surface area contributed by atoms with Gasteiger partial charge in [-0.05, 0) is 37.6 Å². The largest absolute Gasteiger partial charge is 0.341 e. The molecular formula is C18H34N2O. The second-order valence-electron chi connectivity index (χ2n) is 7.53. The molecule has 1 aliphatic carbocycles. The lowest BCUT2D eigenvalue weighted by atomic mass is 9.86. The first kappa shape index (κ1) is 16.8. The molecule has 0 radical (unpaired) electrons. The molecule has 1 unspecified atom stereocenters. The Hall–Kier alpha value is -0.570. The molecule has 1 saturated heterocycles. The maximum absolute atomic E-state index is 12.6. The Morgan fingerprint density at radius 2 is 1.90 bits per heavy atom. The maximum atomic E-state index is 12.6. The fourth-order valence-corrected chi connectivity index (χ4v) is 3.86. The minimum atomic E-state index is 0.392. The van der Waals surface area contributed by atoms with Crippen LogP contribution in [-0.2, 0) is 4.79 Å². The lowest BCUT2D eigenvalue weighted by Gasteiger charge is -2.29. The molecule has 0 aromatic carbocycles. The molecule has 21 heavy (non-hydrogen) atoms. The van der Waals surface area contributed by atoms with E-state index in [-0.39, 0.29) is 0 Å². The molecule has 0 aromatic rings. The number of nitrogens with one attached hydrogen (secondary N) is 1. The highest BCUT2D eigenvalue weighted by Crippen LogP contribution is 2.27. The molecule has 2 fully saturated rings. The van der Waals surface area contributed by atoms with Crippen LogP contribution in [0.25, 0.3) is 0 Å². The summed E-state index contributed by atoms with van der Waals surface area (Å²) in [5.41, 5.74) is 0. The first-order chi connectivity index (χ1) is 10.1. The van der Waals surface area contributed by atoms with Crippen LogP contribution in [0, 0.1) is 11.8 Å². The zero-order valence-electron chi connectivity index (χ0n) is 14.1. The van der Waals surface area contributed by atoms with Crippen LogP contribution in [0.15, 0.2) is 0 Å². The minimum absolute atomic E-state index is 0.392. The summed E-state index contributed by atoms with van der Waals surface area (Å²) in [6.07, 6.45) is 11.2. The SMILES string of the molecule is CC(C)CN(CC1CCCN1)C(=O)CCC1CCCCC1. The number of carbonyl (C=O) groups is 1. The molecule has 3 heteroatoms. The van der Waals surface area contributed by atoms with Crippen LogP contribution in [0.2, 0.25) is 0 Å². The van der Waals surface area contributed by atoms with Crippen molar-refractivity contribution in [2.75, 3.05) is 19.6 Å². The Labute approximate surface area is 130 Å². The number of hydrogen-bond donors (Lipinski definition) is 1. The zero-order valence-corrected chi connectivity index (χ0v) is 14.1. The predicted octanol–water partition coefficient (Wildman–Crippen LogP) is 3.58. The van der Waals surface area contributed by atoms with Gasteiger partial charge in [0.25, 0.3) is 0 Å². The van der Waals surface area contributed by atoms with Crippen LogP contribution >= 0.6 is 0 Å². The number of carbonyl (C=O) groups excluding carboxylic acids is 1. The lowest BCUT2D eigenvalue weighted by Crippen LogP contribution is -2.42. The van der Waals surface area contributed by atoms with Crippen LogP contribution < -0.4 is 5.32 Å². The normalized spacial score (nSPS) is 23.7. The summed E-state index contributed by atoms with van der Waals surface area (Å²) in [6.45, 7) is 7.38. The van der Waals surface area contributed by atoms with E-state index in [2.05, 4.69) is 24.1 Å². The minimum Gasteiger partial charge on any atom is -0.341 e. The highest BCUT2D eigenvalue weighted by molar-refractivity contribution is 5.76. The molecule has 1 N–H and O–H groups in total. The summed E-state index contributed by atoms with van der Waals surface area (Å²) in [5, 5.41) is 3.53. The van der Waals surface area contributed by atoms with Gasteiger partial charge in [-0.1, -0.05) is 46.0 Å². The van der Waals surface area contributed by atoms with Gasteiger partial charge in [-0.3, -0.25) is 4.79 Å². The summed E-state index contributed by atoms with van der Waals surface area (Å²) in [6, 6.07) is 0.530. The smallest absolute Gasteiger partial charge is 0.222 e. The average molecular weight is 294 g/mol. The van der Waals surface area contributed by atoms with Crippen LogP contribution in [0.4, 0.5) is 0 Å². The van der Waals surface area contributed by atoms with E-state index in [0.717, 1.165) is 38.4 Å². The van der Waals surface area contributed by atoms with E-state index in [1.807, 2.05) is 0 Å². The second kappa shape index (κ2) is 8.77. The van der Waals surface area contributed by atoms with Gasteiger partial charge >= 0.3 is 0 Å². The number of hydrogen-bond acceptors (Lipinski definition) is 2. The monoisotopic (exact) mass is 294 g/mol. The van der Waals surface area contributed by atoms with Crippen molar-refractivity contribution in [3.05, 3.63) is 0 Å². The molecule has 1 heterocycles. The predicted molar refractivity (Wildman–Crippen MR) is 88.3 cm³/mol. The Balaban J connectivity index is 1.77. The van der Waals surface area contributed by atoms with E-state index < -0.39 is 0 Å². The van der Waals surface area contributed by atoms with E-state index in [1.54, 1.807) is 0 Å². The van der Waals surface area contributed by atoms with Crippen molar-refractivity contribution in [1.29, 1.82) is 0 Å². The van der Waals surface area contributed by atoms with Gasteiger partial charge in [-0.25, -0.2) is 0 Å². The molecule has 2 rings (SSSR count). The Morgan fingerprint density at radius 1 is 1.14 bits per heavy atom. The molecule has 1 aliphatic heterocycles. The van der Waals surface area contributed by atoms with E-state index in [0.29, 0.717) is 17.9 Å². The van der Waals surface area contributed by atoms with Crippen molar-refractivity contribution < 1.29 is 4.79 Å². The molecule has 2 aliphatic rings. The van der Waals surface area contributed by atoms with Crippen molar-refractivity contribution in [3.8, 4) is 0 Å². The fourth-order valence-electron chi connectivity index (χ4n) is 3.86. The van der Waals surface area contributed by atoms with E-state index in [1.165, 1.54) is 44.9 Å². The van der Waals surface area contributed by atoms with Gasteiger partial charge in [0.1, 0.15) is 0 Å². The molecule has 0 spiro atoms. The van der Waals surface area contributed by atoms with Gasteiger partial charge in [-0.2, -0.15) is 0 Å². The third-order valence-electron chi connectivity index (χ3n) is 5.03. The Morgan fingerprint density at radius 3 is 2.52 bits per heavy atom. The number of amides is 1. The topological polar surface area (TPSA) is 32.3 Å². The Kier molecular flexibility index (Phi) is 7.01. The van der Waals surface area contributed by atoms with E-state index in [9.17, 15) is 4.79 Å². The molecule has 1 atom stereocenters. The molecule has 1 saturated carbocycles. The summed E-state index contributed by atoms with van der Waals surface area (Å²) in [7, 11) is 0. The van der Waals surface area contributed by atoms with Gasteiger partial charge in [0.2, 0.25) is 5.91 Å². The average Bonchev–Trinajstić information content (AvgIpc) is 2.98. The second-order valence-corrected chi connectivity index (χ2v) is 7.53. The van der Waals surface area contributed by atoms with Crippen molar-refractivity contribution >= 4 is 5.91 Å². The molecule has 1 amide bonds. The van der Waals surface area contributed by atoms with Crippen LogP contribution in [0.3, 0.4) is 0 Å². The third-order valence-corrected chi connectivity index (χ3v) is 5.03. The van der Waals surface area contributed by atoms with Crippen LogP contribution in [0.1, 0.15) is 71.6 Å². The quantitative estimate of drug-likeness (QED) is 0.778. The van der Waals surface area contributed by atoms with Crippen molar-refractivity contribution in [2.45, 2.75) is 77.7 Å². The fraction of sp³-hybridized carbons (Fsp3) is 0.944. The first-order valence-corrected chi connectivity index (χ1v) is 9.16. The van der Waals surface area contributed by atoms with Crippen LogP contribution in [-0.4, -0.2) is 36.5 Å². The van der Waals surface area contributed by atoms with Gasteiger partial charge in [-0.15, -0.1) is 0 Å². The van der Waals surface area contributed by atoms with E-state index in [4.69, 9.17) is 0 Å². The molecule has 0 aromatic heterocycles. The standard InChI is InChI=1S/C18H34N2O/c1-15(2)13-20(14-17-9-6-12-19-17)18(21)11-10-16-7-4-3-5-8-16/h15-17,19H,3-14H2,1-2H3. The van der Waals surface area contributed by atoms with Crippen molar-refractivity contribution in [2.24, 2.45) is 11.8 Å². The van der Waals surface area contributed by atoms with Gasteiger partial charge in [0.05, 0.1) is 0 Å². The molecule has 122 valence electrons. The van der Waals surface area contributed by atoms with Gasteiger partial charge in [0.15, 0.2) is 0 Å². The first-order valence-electron chi connectivity index (χ1n) is 9.16. The van der Waals surface area contributed by atoms with Crippen molar-refractivity contribution in [3.63, 3.8) is 0 Å². The molecular weight excluding hydrogens is 260 g/mol. The molecule has 3 nitrogen and oxygen atoms in total.